The van der Waals surface area contributed by atoms with Crippen molar-refractivity contribution in [1.29, 1.82) is 0 Å². The molecular formula is C16H32O2. The van der Waals surface area contributed by atoms with Crippen molar-refractivity contribution in [3.8, 4) is 0 Å². The summed E-state index contributed by atoms with van der Waals surface area (Å²) in [4.78, 5) is 0. The molecule has 0 aromatic rings. The Balaban J connectivity index is 2.96. The number of ether oxygens (including phenoxy) is 2. The van der Waals surface area contributed by atoms with E-state index in [1.165, 1.54) is 64.2 Å². The number of hydrogen-bond donors (Lipinski definition) is 0. The van der Waals surface area contributed by atoms with Crippen molar-refractivity contribution in [2.24, 2.45) is 0 Å². The van der Waals surface area contributed by atoms with Gasteiger partial charge in [-0.05, 0) is 18.9 Å². The highest BCUT2D eigenvalue weighted by molar-refractivity contribution is 4.72. The standard InChI is InChI=1S/C16H32O2/c1-3-4-5-6-7-8-9-10-11-12-13-14-15-18-16-17-2/h14-15H,3-13,16H2,1-2H3. The third kappa shape index (κ3) is 15.5. The van der Waals surface area contributed by atoms with Gasteiger partial charge < -0.3 is 9.47 Å². The van der Waals surface area contributed by atoms with Gasteiger partial charge in [-0.25, -0.2) is 0 Å². The first kappa shape index (κ1) is 17.5. The average molecular weight is 256 g/mol. The zero-order valence-corrected chi connectivity index (χ0v) is 12.5. The Hall–Kier alpha value is -0.500. The van der Waals surface area contributed by atoms with Gasteiger partial charge in [0.25, 0.3) is 0 Å². The molecule has 0 N–H and O–H groups in total. The fourth-order valence-electron chi connectivity index (χ4n) is 1.99. The van der Waals surface area contributed by atoms with Crippen LogP contribution in [-0.4, -0.2) is 13.9 Å². The molecule has 0 spiro atoms. The van der Waals surface area contributed by atoms with Crippen LogP contribution >= 0.6 is 0 Å². The van der Waals surface area contributed by atoms with E-state index in [1.54, 1.807) is 13.4 Å². The van der Waals surface area contributed by atoms with Gasteiger partial charge in [0.15, 0.2) is 6.79 Å². The Morgan fingerprint density at radius 2 is 1.33 bits per heavy atom. The summed E-state index contributed by atoms with van der Waals surface area (Å²) in [5, 5.41) is 0. The van der Waals surface area contributed by atoms with Crippen molar-refractivity contribution in [3.05, 3.63) is 12.3 Å². The lowest BCUT2D eigenvalue weighted by Crippen LogP contribution is -1.87. The zero-order valence-electron chi connectivity index (χ0n) is 12.5. The molecule has 108 valence electrons. The van der Waals surface area contributed by atoms with Gasteiger partial charge in [-0.2, -0.15) is 0 Å². The van der Waals surface area contributed by atoms with E-state index in [0.717, 1.165) is 6.42 Å². The molecular weight excluding hydrogens is 224 g/mol. The van der Waals surface area contributed by atoms with E-state index in [1.807, 2.05) is 0 Å². The lowest BCUT2D eigenvalue weighted by Gasteiger charge is -2.01. The normalized spacial score (nSPS) is 11.2. The molecule has 0 unspecified atom stereocenters. The van der Waals surface area contributed by atoms with E-state index in [0.29, 0.717) is 6.79 Å². The minimum Gasteiger partial charge on any atom is -0.476 e. The molecule has 0 fully saturated rings. The molecule has 0 aliphatic rings. The van der Waals surface area contributed by atoms with Gasteiger partial charge in [0.2, 0.25) is 0 Å². The molecule has 0 saturated heterocycles. The third-order valence-corrected chi connectivity index (χ3v) is 3.10. The Labute approximate surface area is 114 Å². The SMILES string of the molecule is CCCCCCCCCCCCC=COCOC. The molecule has 0 heterocycles. The third-order valence-electron chi connectivity index (χ3n) is 3.10. The van der Waals surface area contributed by atoms with Crippen LogP contribution in [-0.2, 0) is 9.47 Å². The van der Waals surface area contributed by atoms with Crippen LogP contribution < -0.4 is 0 Å². The Morgan fingerprint density at radius 1 is 0.778 bits per heavy atom. The van der Waals surface area contributed by atoms with Gasteiger partial charge in [0.1, 0.15) is 0 Å². The van der Waals surface area contributed by atoms with Crippen LogP contribution in [0.1, 0.15) is 77.6 Å². The summed E-state index contributed by atoms with van der Waals surface area (Å²) in [6.45, 7) is 2.63. The van der Waals surface area contributed by atoms with Gasteiger partial charge in [-0.1, -0.05) is 64.7 Å². The molecule has 0 radical (unpaired) electrons. The molecule has 0 amide bonds. The summed E-state index contributed by atoms with van der Waals surface area (Å²) in [6.07, 6.45) is 18.9. The summed E-state index contributed by atoms with van der Waals surface area (Å²) in [6, 6.07) is 0. The monoisotopic (exact) mass is 256 g/mol. The van der Waals surface area contributed by atoms with E-state index in [9.17, 15) is 0 Å². The van der Waals surface area contributed by atoms with Gasteiger partial charge in [-0.3, -0.25) is 0 Å². The van der Waals surface area contributed by atoms with Gasteiger partial charge in [0.05, 0.1) is 6.26 Å². The molecule has 0 atom stereocenters. The summed E-state index contributed by atoms with van der Waals surface area (Å²) in [5.41, 5.74) is 0. The van der Waals surface area contributed by atoms with Crippen molar-refractivity contribution in [1.82, 2.24) is 0 Å². The second kappa shape index (κ2) is 16.5. The van der Waals surface area contributed by atoms with E-state index >= 15 is 0 Å². The number of rotatable bonds is 14. The van der Waals surface area contributed by atoms with Crippen molar-refractivity contribution in [2.75, 3.05) is 13.9 Å². The van der Waals surface area contributed by atoms with Crippen molar-refractivity contribution in [2.45, 2.75) is 77.6 Å². The minimum absolute atomic E-state index is 0.356. The van der Waals surface area contributed by atoms with E-state index < -0.39 is 0 Å². The number of allylic oxidation sites excluding steroid dienone is 1. The van der Waals surface area contributed by atoms with Crippen molar-refractivity contribution < 1.29 is 9.47 Å². The fourth-order valence-corrected chi connectivity index (χ4v) is 1.99. The maximum Gasteiger partial charge on any atom is 0.187 e. The summed E-state index contributed by atoms with van der Waals surface area (Å²) < 4.78 is 9.85. The smallest absolute Gasteiger partial charge is 0.187 e. The molecule has 0 aromatic heterocycles. The van der Waals surface area contributed by atoms with Gasteiger partial charge in [-0.15, -0.1) is 0 Å². The van der Waals surface area contributed by atoms with Crippen molar-refractivity contribution >= 4 is 0 Å². The first-order chi connectivity index (χ1) is 8.91. The molecule has 18 heavy (non-hydrogen) atoms. The highest BCUT2D eigenvalue weighted by Gasteiger charge is 1.91. The fraction of sp³-hybridized carbons (Fsp3) is 0.875. The Kier molecular flexibility index (Phi) is 16.0. The molecule has 0 saturated carbocycles. The highest BCUT2D eigenvalue weighted by Crippen LogP contribution is 2.11. The second-order valence-corrected chi connectivity index (χ2v) is 4.92. The zero-order chi connectivity index (χ0) is 13.3. The van der Waals surface area contributed by atoms with E-state index in [4.69, 9.17) is 9.47 Å². The van der Waals surface area contributed by atoms with E-state index in [-0.39, 0.29) is 0 Å². The molecule has 2 heteroatoms. The van der Waals surface area contributed by atoms with Crippen LogP contribution in [0.2, 0.25) is 0 Å². The molecule has 0 bridgehead atoms. The lowest BCUT2D eigenvalue weighted by molar-refractivity contribution is 0.0196. The van der Waals surface area contributed by atoms with Crippen molar-refractivity contribution in [3.63, 3.8) is 0 Å². The highest BCUT2D eigenvalue weighted by atomic mass is 16.7. The second-order valence-electron chi connectivity index (χ2n) is 4.92. The molecule has 0 rings (SSSR count). The summed E-state index contributed by atoms with van der Waals surface area (Å²) in [5.74, 6) is 0. The van der Waals surface area contributed by atoms with Crippen LogP contribution in [0, 0.1) is 0 Å². The van der Waals surface area contributed by atoms with Crippen LogP contribution in [0.4, 0.5) is 0 Å². The van der Waals surface area contributed by atoms with Crippen LogP contribution in [0.3, 0.4) is 0 Å². The van der Waals surface area contributed by atoms with Crippen LogP contribution in [0.5, 0.6) is 0 Å². The number of hydrogen-bond acceptors (Lipinski definition) is 2. The Bertz CT molecular complexity index is 166. The van der Waals surface area contributed by atoms with Crippen LogP contribution in [0.25, 0.3) is 0 Å². The summed E-state index contributed by atoms with van der Waals surface area (Å²) in [7, 11) is 1.64. The maximum absolute atomic E-state index is 5.07. The quantitative estimate of drug-likeness (QED) is 0.234. The lowest BCUT2D eigenvalue weighted by atomic mass is 10.1. The number of methoxy groups -OCH3 is 1. The van der Waals surface area contributed by atoms with Crippen LogP contribution in [0.15, 0.2) is 12.3 Å². The first-order valence-electron chi connectivity index (χ1n) is 7.67. The largest absolute Gasteiger partial charge is 0.476 e. The topological polar surface area (TPSA) is 18.5 Å². The first-order valence-corrected chi connectivity index (χ1v) is 7.67. The number of unbranched alkanes of at least 4 members (excludes halogenated alkanes) is 10. The average Bonchev–Trinajstić information content (AvgIpc) is 2.39. The van der Waals surface area contributed by atoms with E-state index in [2.05, 4.69) is 13.0 Å². The van der Waals surface area contributed by atoms with Gasteiger partial charge >= 0.3 is 0 Å². The molecule has 0 aliphatic carbocycles. The minimum atomic E-state index is 0.356. The summed E-state index contributed by atoms with van der Waals surface area (Å²) >= 11 is 0. The molecule has 0 aromatic carbocycles. The predicted octanol–water partition coefficient (Wildman–Crippen LogP) is 5.43. The Morgan fingerprint density at radius 3 is 1.89 bits per heavy atom. The predicted molar refractivity (Wildman–Crippen MR) is 78.6 cm³/mol. The molecule has 0 aliphatic heterocycles. The van der Waals surface area contributed by atoms with Gasteiger partial charge in [0, 0.05) is 7.11 Å². The maximum atomic E-state index is 5.07. The molecule has 2 nitrogen and oxygen atoms in total.